The zero-order valence-corrected chi connectivity index (χ0v) is 22.6. The summed E-state index contributed by atoms with van der Waals surface area (Å²) in [5.74, 6) is -0.848. The standard InChI is InChI=1S/C24H36N2O4.C4H10/c1-7-12-19(15-17(3)23(29)30)26(6)21(27)16-25-22(28)20(8-2)24(4,5)18-13-10-9-11-14-18;1-4(2)3/h9-11,13-15,19-20H,7-8,12,16H2,1-6H3,(H,25,28)(H,29,30);4H,1-3H3/b17-15+;/t19-,20+;/m0./s1. The molecule has 1 aromatic carbocycles. The van der Waals surface area contributed by atoms with Crippen LogP contribution in [0.1, 0.15) is 80.2 Å². The average molecular weight is 475 g/mol. The number of hydrogen-bond acceptors (Lipinski definition) is 3. The van der Waals surface area contributed by atoms with Crippen LogP contribution >= 0.6 is 0 Å². The normalized spacial score (nSPS) is 13.4. The van der Waals surface area contributed by atoms with Crippen LogP contribution in [0.5, 0.6) is 0 Å². The fourth-order valence-electron chi connectivity index (χ4n) is 3.73. The second-order valence-corrected chi connectivity index (χ2v) is 10.0. The number of carbonyl (C=O) groups is 3. The van der Waals surface area contributed by atoms with Gasteiger partial charge in [-0.3, -0.25) is 9.59 Å². The Morgan fingerprint density at radius 1 is 1.09 bits per heavy atom. The fourth-order valence-corrected chi connectivity index (χ4v) is 3.73. The summed E-state index contributed by atoms with van der Waals surface area (Å²) in [5.41, 5.74) is 0.904. The number of carbonyl (C=O) groups excluding carboxylic acids is 2. The van der Waals surface area contributed by atoms with Gasteiger partial charge in [-0.25, -0.2) is 4.79 Å². The molecule has 0 aromatic heterocycles. The van der Waals surface area contributed by atoms with E-state index in [-0.39, 0.29) is 41.3 Å². The third-order valence-electron chi connectivity index (χ3n) is 5.78. The van der Waals surface area contributed by atoms with E-state index in [9.17, 15) is 14.4 Å². The molecule has 6 heteroatoms. The SMILES string of the molecule is CC(C)C.CCC[C@@H](/C=C(\C)C(=O)O)N(C)C(=O)CNC(=O)[C@@H](CC)C(C)(C)c1ccccc1. The number of likely N-dealkylation sites (N-methyl/N-ethyl adjacent to an activating group) is 1. The van der Waals surface area contributed by atoms with Crippen molar-refractivity contribution in [2.24, 2.45) is 11.8 Å². The van der Waals surface area contributed by atoms with E-state index in [1.807, 2.05) is 58.0 Å². The van der Waals surface area contributed by atoms with Crippen molar-refractivity contribution >= 4 is 17.8 Å². The summed E-state index contributed by atoms with van der Waals surface area (Å²) in [6.45, 7) is 15.9. The van der Waals surface area contributed by atoms with Crippen molar-refractivity contribution in [3.63, 3.8) is 0 Å². The molecule has 34 heavy (non-hydrogen) atoms. The zero-order chi connectivity index (χ0) is 26.5. The minimum atomic E-state index is -1.00. The third kappa shape index (κ3) is 10.5. The van der Waals surface area contributed by atoms with E-state index in [0.29, 0.717) is 12.8 Å². The lowest BCUT2D eigenvalue weighted by Crippen LogP contribution is -2.47. The monoisotopic (exact) mass is 474 g/mol. The highest BCUT2D eigenvalue weighted by molar-refractivity contribution is 5.88. The average Bonchev–Trinajstić information content (AvgIpc) is 2.77. The molecule has 0 aliphatic heterocycles. The van der Waals surface area contributed by atoms with Gasteiger partial charge in [0.25, 0.3) is 0 Å². The number of rotatable bonds is 11. The molecule has 0 heterocycles. The van der Waals surface area contributed by atoms with Gasteiger partial charge in [-0.1, -0.05) is 91.3 Å². The van der Waals surface area contributed by atoms with Crippen LogP contribution in [0, 0.1) is 11.8 Å². The van der Waals surface area contributed by atoms with Gasteiger partial charge in [0.2, 0.25) is 11.8 Å². The smallest absolute Gasteiger partial charge is 0.331 e. The Hall–Kier alpha value is -2.63. The molecular formula is C28H46N2O4. The largest absolute Gasteiger partial charge is 0.478 e. The van der Waals surface area contributed by atoms with Crippen LogP contribution in [0.2, 0.25) is 0 Å². The molecule has 0 unspecified atom stereocenters. The van der Waals surface area contributed by atoms with E-state index in [2.05, 4.69) is 26.1 Å². The number of amides is 2. The molecule has 6 nitrogen and oxygen atoms in total. The lowest BCUT2D eigenvalue weighted by Gasteiger charge is -2.33. The Bertz CT molecular complexity index is 797. The van der Waals surface area contributed by atoms with Crippen LogP contribution in [0.25, 0.3) is 0 Å². The van der Waals surface area contributed by atoms with Crippen molar-refractivity contribution in [3.8, 4) is 0 Å². The van der Waals surface area contributed by atoms with Gasteiger partial charge in [0.1, 0.15) is 0 Å². The van der Waals surface area contributed by atoms with Crippen LogP contribution in [-0.2, 0) is 19.8 Å². The molecule has 2 N–H and O–H groups in total. The second-order valence-electron chi connectivity index (χ2n) is 10.0. The first-order valence-electron chi connectivity index (χ1n) is 12.3. The van der Waals surface area contributed by atoms with E-state index in [4.69, 9.17) is 5.11 Å². The lowest BCUT2D eigenvalue weighted by atomic mass is 9.71. The number of nitrogens with one attached hydrogen (secondary N) is 1. The molecule has 0 bridgehead atoms. The molecule has 2 amide bonds. The molecule has 0 fully saturated rings. The molecule has 0 saturated carbocycles. The van der Waals surface area contributed by atoms with Gasteiger partial charge in [0.15, 0.2) is 0 Å². The molecule has 0 aliphatic carbocycles. The summed E-state index contributed by atoms with van der Waals surface area (Å²) in [4.78, 5) is 38.2. The number of benzene rings is 1. The summed E-state index contributed by atoms with van der Waals surface area (Å²) in [7, 11) is 1.64. The van der Waals surface area contributed by atoms with Crippen molar-refractivity contribution in [2.75, 3.05) is 13.6 Å². The maximum Gasteiger partial charge on any atom is 0.331 e. The van der Waals surface area contributed by atoms with Crippen LogP contribution < -0.4 is 5.32 Å². The maximum atomic E-state index is 12.9. The van der Waals surface area contributed by atoms with Crippen LogP contribution in [0.4, 0.5) is 0 Å². The van der Waals surface area contributed by atoms with Gasteiger partial charge in [-0.15, -0.1) is 0 Å². The van der Waals surface area contributed by atoms with Crippen molar-refractivity contribution in [2.45, 2.75) is 86.1 Å². The summed E-state index contributed by atoms with van der Waals surface area (Å²) < 4.78 is 0. The number of aliphatic carboxylic acids is 1. The van der Waals surface area contributed by atoms with Crippen molar-refractivity contribution in [1.82, 2.24) is 10.2 Å². The van der Waals surface area contributed by atoms with Crippen LogP contribution in [0.3, 0.4) is 0 Å². The van der Waals surface area contributed by atoms with Crippen molar-refractivity contribution < 1.29 is 19.5 Å². The summed E-state index contributed by atoms with van der Waals surface area (Å²) >= 11 is 0. The molecule has 0 saturated heterocycles. The van der Waals surface area contributed by atoms with Gasteiger partial charge in [-0.2, -0.15) is 0 Å². The molecular weight excluding hydrogens is 428 g/mol. The van der Waals surface area contributed by atoms with Gasteiger partial charge < -0.3 is 15.3 Å². The minimum absolute atomic E-state index is 0.114. The molecule has 0 aliphatic rings. The highest BCUT2D eigenvalue weighted by atomic mass is 16.4. The number of nitrogens with zero attached hydrogens (tertiary/aromatic N) is 1. The van der Waals surface area contributed by atoms with Gasteiger partial charge in [0.05, 0.1) is 12.6 Å². The Morgan fingerprint density at radius 3 is 2.06 bits per heavy atom. The van der Waals surface area contributed by atoms with Crippen molar-refractivity contribution in [1.29, 1.82) is 0 Å². The van der Waals surface area contributed by atoms with Gasteiger partial charge in [0, 0.05) is 24.0 Å². The maximum absolute atomic E-state index is 12.9. The van der Waals surface area contributed by atoms with E-state index in [1.165, 1.54) is 11.8 Å². The minimum Gasteiger partial charge on any atom is -0.478 e. The summed E-state index contributed by atoms with van der Waals surface area (Å²) in [6, 6.07) is 9.57. The second kappa shape index (κ2) is 15.3. The molecule has 0 radical (unpaired) electrons. The van der Waals surface area contributed by atoms with E-state index in [1.54, 1.807) is 13.1 Å². The highest BCUT2D eigenvalue weighted by Crippen LogP contribution is 2.33. The Labute approximate surface area is 206 Å². The fraction of sp³-hybridized carbons (Fsp3) is 0.607. The Balaban J connectivity index is 0.00000251. The quantitative estimate of drug-likeness (QED) is 0.419. The zero-order valence-electron chi connectivity index (χ0n) is 22.6. The topological polar surface area (TPSA) is 86.7 Å². The first kappa shape index (κ1) is 31.4. The highest BCUT2D eigenvalue weighted by Gasteiger charge is 2.35. The number of carboxylic acid groups (broad SMARTS) is 1. The molecule has 1 rings (SSSR count). The van der Waals surface area contributed by atoms with Crippen LogP contribution in [0.15, 0.2) is 42.0 Å². The molecule has 192 valence electrons. The summed E-state index contributed by atoms with van der Waals surface area (Å²) in [5, 5.41) is 11.9. The Morgan fingerprint density at radius 2 is 1.62 bits per heavy atom. The van der Waals surface area contributed by atoms with Crippen LogP contribution in [-0.4, -0.2) is 47.4 Å². The van der Waals surface area contributed by atoms with E-state index < -0.39 is 5.97 Å². The first-order chi connectivity index (χ1) is 15.8. The number of hydrogen-bond donors (Lipinski definition) is 2. The molecule has 1 aromatic rings. The first-order valence-corrected chi connectivity index (χ1v) is 12.3. The molecule has 2 atom stereocenters. The van der Waals surface area contributed by atoms with E-state index in [0.717, 1.165) is 17.9 Å². The van der Waals surface area contributed by atoms with E-state index >= 15 is 0 Å². The number of carboxylic acids is 1. The van der Waals surface area contributed by atoms with Crippen molar-refractivity contribution in [3.05, 3.63) is 47.5 Å². The lowest BCUT2D eigenvalue weighted by molar-refractivity contribution is -0.135. The predicted molar refractivity (Wildman–Crippen MR) is 140 cm³/mol. The Kier molecular flexibility index (Phi) is 14.1. The summed E-state index contributed by atoms with van der Waals surface area (Å²) in [6.07, 6.45) is 3.70. The third-order valence-corrected chi connectivity index (χ3v) is 5.78. The van der Waals surface area contributed by atoms with Gasteiger partial charge >= 0.3 is 5.97 Å². The molecule has 0 spiro atoms. The van der Waals surface area contributed by atoms with Gasteiger partial charge in [-0.05, 0) is 31.2 Å². The predicted octanol–water partition coefficient (Wildman–Crippen LogP) is 5.43.